The van der Waals surface area contributed by atoms with E-state index in [2.05, 4.69) is 4.72 Å². The molecule has 0 aromatic heterocycles. The van der Waals surface area contributed by atoms with Crippen LogP contribution in [0.1, 0.15) is 30.9 Å². The molecule has 1 fully saturated rings. The Morgan fingerprint density at radius 2 is 2.16 bits per heavy atom. The summed E-state index contributed by atoms with van der Waals surface area (Å²) in [5.74, 6) is -1.90. The Labute approximate surface area is 146 Å². The van der Waals surface area contributed by atoms with E-state index < -0.39 is 27.6 Å². The average Bonchev–Trinajstić information content (AvgIpc) is 2.49. The number of nitriles is 1. The summed E-state index contributed by atoms with van der Waals surface area (Å²) in [5.41, 5.74) is 0.240. The highest BCUT2D eigenvalue weighted by molar-refractivity contribution is 7.88. The van der Waals surface area contributed by atoms with E-state index in [0.29, 0.717) is 19.4 Å². The lowest BCUT2D eigenvalue weighted by molar-refractivity contribution is -0.139. The van der Waals surface area contributed by atoms with Gasteiger partial charge < -0.3 is 5.11 Å². The normalized spacial score (nSPS) is 20.1. The molecule has 2 N–H and O–H groups in total. The minimum Gasteiger partial charge on any atom is -0.480 e. The highest BCUT2D eigenvalue weighted by atomic mass is 32.2. The van der Waals surface area contributed by atoms with Gasteiger partial charge in [-0.2, -0.15) is 5.26 Å². The maximum Gasteiger partial charge on any atom is 0.317 e. The Hall–Kier alpha value is -2.02. The second kappa shape index (κ2) is 7.91. The summed E-state index contributed by atoms with van der Waals surface area (Å²) in [6.07, 6.45) is 1.07. The number of benzene rings is 1. The molecule has 0 heterocycles. The number of aliphatic carboxylic acids is 1. The number of carbonyl (C=O) groups is 1. The maximum absolute atomic E-state index is 13.1. The van der Waals surface area contributed by atoms with Gasteiger partial charge in [-0.3, -0.25) is 9.69 Å². The SMILES string of the molecule is CCN(CC(=O)O)C1CC(NS(=O)(=O)Cc2ccc(F)cc2C#N)C1. The third-order valence-electron chi connectivity index (χ3n) is 4.26. The van der Waals surface area contributed by atoms with Crippen LogP contribution in [0, 0.1) is 17.1 Å². The second-order valence-electron chi connectivity index (χ2n) is 6.07. The van der Waals surface area contributed by atoms with E-state index in [1.807, 2.05) is 6.92 Å². The molecule has 136 valence electrons. The lowest BCUT2D eigenvalue weighted by atomic mass is 9.86. The van der Waals surface area contributed by atoms with Crippen molar-refractivity contribution in [3.8, 4) is 6.07 Å². The largest absolute Gasteiger partial charge is 0.480 e. The summed E-state index contributed by atoms with van der Waals surface area (Å²) in [7, 11) is -3.68. The number of nitrogens with one attached hydrogen (secondary N) is 1. The van der Waals surface area contributed by atoms with Crippen LogP contribution in [0.5, 0.6) is 0 Å². The van der Waals surface area contributed by atoms with Gasteiger partial charge in [0.05, 0.1) is 23.9 Å². The predicted octanol–water partition coefficient (Wildman–Crippen LogP) is 1.05. The van der Waals surface area contributed by atoms with Gasteiger partial charge in [0.25, 0.3) is 0 Å². The molecule has 25 heavy (non-hydrogen) atoms. The van der Waals surface area contributed by atoms with Crippen LogP contribution in [0.3, 0.4) is 0 Å². The van der Waals surface area contributed by atoms with Gasteiger partial charge in [0.15, 0.2) is 0 Å². The number of halogens is 1. The molecule has 0 amide bonds. The van der Waals surface area contributed by atoms with Gasteiger partial charge in [0, 0.05) is 12.1 Å². The van der Waals surface area contributed by atoms with Crippen molar-refractivity contribution in [2.24, 2.45) is 0 Å². The fourth-order valence-corrected chi connectivity index (χ4v) is 4.38. The van der Waals surface area contributed by atoms with Crippen molar-refractivity contribution < 1.29 is 22.7 Å². The number of rotatable bonds is 8. The number of carboxylic acids is 1. The van der Waals surface area contributed by atoms with Crippen molar-refractivity contribution in [3.63, 3.8) is 0 Å². The quantitative estimate of drug-likeness (QED) is 0.709. The third kappa shape index (κ3) is 5.22. The van der Waals surface area contributed by atoms with Gasteiger partial charge in [-0.15, -0.1) is 0 Å². The first-order valence-corrected chi connectivity index (χ1v) is 9.53. The van der Waals surface area contributed by atoms with Crippen molar-refractivity contribution in [3.05, 3.63) is 35.1 Å². The standard InChI is InChI=1S/C16H20FN3O4S/c1-2-20(9-16(21)22)15-6-14(7-15)19-25(23,24)10-11-3-4-13(17)5-12(11)8-18/h3-5,14-15,19H,2,6-7,9-10H2,1H3,(H,21,22). The Morgan fingerprint density at radius 1 is 1.48 bits per heavy atom. The molecule has 1 saturated carbocycles. The minimum absolute atomic E-state index is 0.00419. The van der Waals surface area contributed by atoms with E-state index in [1.165, 1.54) is 6.07 Å². The predicted molar refractivity (Wildman–Crippen MR) is 88.6 cm³/mol. The second-order valence-corrected chi connectivity index (χ2v) is 7.82. The molecule has 1 aromatic carbocycles. The van der Waals surface area contributed by atoms with E-state index in [9.17, 15) is 17.6 Å². The summed E-state index contributed by atoms with van der Waals surface area (Å²) in [4.78, 5) is 12.6. The van der Waals surface area contributed by atoms with Crippen molar-refractivity contribution in [2.45, 2.75) is 37.6 Å². The van der Waals surface area contributed by atoms with Gasteiger partial charge in [-0.05, 0) is 37.1 Å². The molecule has 0 aliphatic heterocycles. The Balaban J connectivity index is 1.93. The van der Waals surface area contributed by atoms with Crippen molar-refractivity contribution in [2.75, 3.05) is 13.1 Å². The average molecular weight is 369 g/mol. The van der Waals surface area contributed by atoms with Crippen molar-refractivity contribution >= 4 is 16.0 Å². The van der Waals surface area contributed by atoms with Gasteiger partial charge in [-0.25, -0.2) is 17.5 Å². The van der Waals surface area contributed by atoms with Gasteiger partial charge in [0.2, 0.25) is 10.0 Å². The zero-order valence-electron chi connectivity index (χ0n) is 13.8. The molecule has 2 rings (SSSR count). The monoisotopic (exact) mass is 369 g/mol. The zero-order chi connectivity index (χ0) is 18.6. The molecule has 0 bridgehead atoms. The van der Waals surface area contributed by atoms with Crippen LogP contribution in [-0.4, -0.2) is 49.6 Å². The number of carboxylic acid groups (broad SMARTS) is 1. The molecule has 7 nitrogen and oxygen atoms in total. The molecule has 1 aliphatic carbocycles. The van der Waals surface area contributed by atoms with Crippen LogP contribution < -0.4 is 4.72 Å². The first-order valence-electron chi connectivity index (χ1n) is 7.88. The van der Waals surface area contributed by atoms with E-state index >= 15 is 0 Å². The molecule has 0 atom stereocenters. The van der Waals surface area contributed by atoms with Crippen LogP contribution in [0.2, 0.25) is 0 Å². The maximum atomic E-state index is 13.1. The summed E-state index contributed by atoms with van der Waals surface area (Å²) in [5, 5.41) is 17.9. The molecule has 0 radical (unpaired) electrons. The highest BCUT2D eigenvalue weighted by Crippen LogP contribution is 2.26. The van der Waals surface area contributed by atoms with Crippen molar-refractivity contribution in [1.82, 2.24) is 9.62 Å². The number of likely N-dealkylation sites (N-methyl/N-ethyl adjacent to an activating group) is 1. The summed E-state index contributed by atoms with van der Waals surface area (Å²) < 4.78 is 40.2. The van der Waals surface area contributed by atoms with Crippen LogP contribution >= 0.6 is 0 Å². The summed E-state index contributed by atoms with van der Waals surface area (Å²) >= 11 is 0. The molecule has 1 aliphatic rings. The minimum atomic E-state index is -3.68. The smallest absolute Gasteiger partial charge is 0.317 e. The topological polar surface area (TPSA) is 110 Å². The van der Waals surface area contributed by atoms with Gasteiger partial charge in [0.1, 0.15) is 5.82 Å². The third-order valence-corrected chi connectivity index (χ3v) is 5.64. The molecule has 9 heteroatoms. The fraction of sp³-hybridized carbons (Fsp3) is 0.500. The summed E-state index contributed by atoms with van der Waals surface area (Å²) in [6, 6.07) is 4.99. The van der Waals surface area contributed by atoms with Crippen LogP contribution in [0.15, 0.2) is 18.2 Å². The molecule has 1 aromatic rings. The highest BCUT2D eigenvalue weighted by Gasteiger charge is 2.36. The molecular weight excluding hydrogens is 349 g/mol. The Bertz CT molecular complexity index is 785. The van der Waals surface area contributed by atoms with E-state index in [-0.39, 0.29) is 29.8 Å². The van der Waals surface area contributed by atoms with Crippen molar-refractivity contribution in [1.29, 1.82) is 5.26 Å². The number of sulfonamides is 1. The van der Waals surface area contributed by atoms with Crippen LogP contribution in [0.4, 0.5) is 4.39 Å². The molecule has 0 unspecified atom stereocenters. The Morgan fingerprint density at radius 3 is 2.72 bits per heavy atom. The fourth-order valence-electron chi connectivity index (χ4n) is 2.93. The van der Waals surface area contributed by atoms with Crippen LogP contribution in [0.25, 0.3) is 0 Å². The first kappa shape index (κ1) is 19.3. The lowest BCUT2D eigenvalue weighted by Crippen LogP contribution is -2.54. The number of nitrogens with zero attached hydrogens (tertiary/aromatic N) is 2. The molecule has 0 saturated heterocycles. The Kier molecular flexibility index (Phi) is 6.11. The lowest BCUT2D eigenvalue weighted by Gasteiger charge is -2.42. The van der Waals surface area contributed by atoms with Gasteiger partial charge in [-0.1, -0.05) is 13.0 Å². The number of hydrogen-bond acceptors (Lipinski definition) is 5. The molecular formula is C16H20FN3O4S. The first-order chi connectivity index (χ1) is 11.7. The van der Waals surface area contributed by atoms with Crippen LogP contribution in [-0.2, 0) is 20.6 Å². The number of hydrogen-bond donors (Lipinski definition) is 2. The zero-order valence-corrected chi connectivity index (χ0v) is 14.6. The van der Waals surface area contributed by atoms with E-state index in [4.69, 9.17) is 10.4 Å². The van der Waals surface area contributed by atoms with E-state index in [1.54, 1.807) is 11.0 Å². The van der Waals surface area contributed by atoms with Gasteiger partial charge >= 0.3 is 5.97 Å². The summed E-state index contributed by atoms with van der Waals surface area (Å²) in [6.45, 7) is 2.37. The van der Waals surface area contributed by atoms with E-state index in [0.717, 1.165) is 12.1 Å². The molecule has 0 spiro atoms.